The molecule has 0 aromatic carbocycles. The first kappa shape index (κ1) is 14.9. The van der Waals surface area contributed by atoms with Crippen LogP contribution >= 0.6 is 0 Å². The van der Waals surface area contributed by atoms with Gasteiger partial charge in [0.25, 0.3) is 0 Å². The van der Waals surface area contributed by atoms with E-state index in [0.29, 0.717) is 25.9 Å². The first-order chi connectivity index (χ1) is 8.55. The van der Waals surface area contributed by atoms with Gasteiger partial charge in [-0.1, -0.05) is 6.92 Å². The van der Waals surface area contributed by atoms with Crippen LogP contribution in [0.25, 0.3) is 0 Å². The van der Waals surface area contributed by atoms with E-state index in [0.717, 1.165) is 13.1 Å². The highest BCUT2D eigenvalue weighted by molar-refractivity contribution is 5.87. The fraction of sp³-hybridized carbons (Fsp3) is 0.833. The molecule has 6 heteroatoms. The number of amides is 1. The predicted molar refractivity (Wildman–Crippen MR) is 66.3 cm³/mol. The zero-order valence-corrected chi connectivity index (χ0v) is 11.0. The van der Waals surface area contributed by atoms with Crippen molar-refractivity contribution in [1.29, 1.82) is 0 Å². The Morgan fingerprint density at radius 3 is 2.50 bits per heavy atom. The number of carboxylic acids is 1. The number of piperidine rings is 1. The molecule has 1 amide bonds. The molecule has 1 aliphatic heterocycles. The van der Waals surface area contributed by atoms with Crippen LogP contribution < -0.4 is 10.6 Å². The molecule has 18 heavy (non-hydrogen) atoms. The Morgan fingerprint density at radius 2 is 2.06 bits per heavy atom. The number of methoxy groups -OCH3 is 1. The number of carbonyl (C=O) groups is 2. The Balaban J connectivity index is 2.73. The molecule has 6 nitrogen and oxygen atoms in total. The van der Waals surface area contributed by atoms with Crippen LogP contribution in [-0.4, -0.2) is 49.8 Å². The van der Waals surface area contributed by atoms with Crippen LogP contribution in [0.1, 0.15) is 26.2 Å². The number of carbonyl (C=O) groups excluding carboxylic acids is 1. The average Bonchev–Trinajstić information content (AvgIpc) is 2.36. The van der Waals surface area contributed by atoms with Crippen molar-refractivity contribution >= 4 is 11.9 Å². The minimum absolute atomic E-state index is 0.208. The van der Waals surface area contributed by atoms with Gasteiger partial charge in [0, 0.05) is 7.11 Å². The van der Waals surface area contributed by atoms with E-state index in [-0.39, 0.29) is 5.91 Å². The summed E-state index contributed by atoms with van der Waals surface area (Å²) in [7, 11) is 1.56. The van der Waals surface area contributed by atoms with Crippen LogP contribution in [0.5, 0.6) is 0 Å². The summed E-state index contributed by atoms with van der Waals surface area (Å²) < 4.78 is 5.15. The van der Waals surface area contributed by atoms with Gasteiger partial charge in [0.2, 0.25) is 5.91 Å². The molecule has 1 rings (SSSR count). The maximum absolute atomic E-state index is 12.3. The summed E-state index contributed by atoms with van der Waals surface area (Å²) in [6.07, 6.45) is 1.72. The van der Waals surface area contributed by atoms with Crippen molar-refractivity contribution in [1.82, 2.24) is 10.6 Å². The lowest BCUT2D eigenvalue weighted by molar-refractivity contribution is -0.146. The van der Waals surface area contributed by atoms with E-state index in [1.165, 1.54) is 0 Å². The third kappa shape index (κ3) is 3.43. The summed E-state index contributed by atoms with van der Waals surface area (Å²) in [4.78, 5) is 23.3. The van der Waals surface area contributed by atoms with E-state index < -0.39 is 17.4 Å². The zero-order valence-electron chi connectivity index (χ0n) is 11.0. The molecule has 0 saturated carbocycles. The Bertz CT molecular complexity index is 295. The maximum Gasteiger partial charge on any atom is 0.326 e. The molecule has 0 aliphatic carbocycles. The SMILES string of the molecule is CCC(NC(=O)C1(COC)CCNCC1)C(=O)O. The molecule has 1 saturated heterocycles. The summed E-state index contributed by atoms with van der Waals surface area (Å²) in [5.41, 5.74) is -0.594. The minimum Gasteiger partial charge on any atom is -0.480 e. The van der Waals surface area contributed by atoms with Gasteiger partial charge in [-0.05, 0) is 32.4 Å². The highest BCUT2D eigenvalue weighted by Crippen LogP contribution is 2.29. The molecule has 1 atom stereocenters. The maximum atomic E-state index is 12.3. The van der Waals surface area contributed by atoms with Gasteiger partial charge in [-0.2, -0.15) is 0 Å². The molecule has 1 unspecified atom stereocenters. The topological polar surface area (TPSA) is 87.7 Å². The number of aliphatic carboxylic acids is 1. The highest BCUT2D eigenvalue weighted by atomic mass is 16.5. The Labute approximate surface area is 107 Å². The van der Waals surface area contributed by atoms with Crippen molar-refractivity contribution in [2.24, 2.45) is 5.41 Å². The van der Waals surface area contributed by atoms with Crippen molar-refractivity contribution in [3.8, 4) is 0 Å². The van der Waals surface area contributed by atoms with E-state index in [1.807, 2.05) is 0 Å². The third-order valence-electron chi connectivity index (χ3n) is 3.47. The summed E-state index contributed by atoms with van der Waals surface area (Å²) in [6.45, 7) is 3.57. The first-order valence-corrected chi connectivity index (χ1v) is 6.29. The molecule has 0 bridgehead atoms. The van der Waals surface area contributed by atoms with Gasteiger partial charge in [-0.3, -0.25) is 4.79 Å². The molecule has 0 spiro atoms. The van der Waals surface area contributed by atoms with E-state index in [2.05, 4.69) is 10.6 Å². The number of rotatable bonds is 6. The van der Waals surface area contributed by atoms with E-state index in [1.54, 1.807) is 14.0 Å². The fourth-order valence-corrected chi connectivity index (χ4v) is 2.27. The van der Waals surface area contributed by atoms with Crippen molar-refractivity contribution in [2.45, 2.75) is 32.2 Å². The summed E-state index contributed by atoms with van der Waals surface area (Å²) in [5, 5.41) is 14.8. The van der Waals surface area contributed by atoms with Crippen molar-refractivity contribution in [3.05, 3.63) is 0 Å². The lowest BCUT2D eigenvalue weighted by atomic mass is 9.78. The molecule has 3 N–H and O–H groups in total. The van der Waals surface area contributed by atoms with E-state index in [4.69, 9.17) is 9.84 Å². The van der Waals surface area contributed by atoms with Crippen molar-refractivity contribution < 1.29 is 19.4 Å². The minimum atomic E-state index is -0.993. The Kier molecular flexibility index (Phi) is 5.55. The lowest BCUT2D eigenvalue weighted by Crippen LogP contribution is -2.53. The standard InChI is InChI=1S/C12H22N2O4/c1-3-9(10(15)16)14-11(17)12(8-18-2)4-6-13-7-5-12/h9,13H,3-8H2,1-2H3,(H,14,17)(H,15,16). The normalized spacial score (nSPS) is 20.1. The summed E-state index contributed by atoms with van der Waals surface area (Å²) in [5.74, 6) is -1.20. The molecule has 0 radical (unpaired) electrons. The fourth-order valence-electron chi connectivity index (χ4n) is 2.27. The largest absolute Gasteiger partial charge is 0.480 e. The van der Waals surface area contributed by atoms with Crippen LogP contribution in [-0.2, 0) is 14.3 Å². The molecule has 1 fully saturated rings. The Hall–Kier alpha value is -1.14. The predicted octanol–water partition coefficient (Wildman–Crippen LogP) is -0.0180. The smallest absolute Gasteiger partial charge is 0.326 e. The molecular formula is C12H22N2O4. The van der Waals surface area contributed by atoms with Gasteiger partial charge >= 0.3 is 5.97 Å². The molecular weight excluding hydrogens is 236 g/mol. The monoisotopic (exact) mass is 258 g/mol. The molecule has 0 aromatic heterocycles. The van der Waals surface area contributed by atoms with Crippen LogP contribution in [0.4, 0.5) is 0 Å². The first-order valence-electron chi connectivity index (χ1n) is 6.29. The van der Waals surface area contributed by atoms with Crippen LogP contribution in [0.15, 0.2) is 0 Å². The molecule has 1 heterocycles. The summed E-state index contributed by atoms with van der Waals surface area (Å²) >= 11 is 0. The van der Waals surface area contributed by atoms with E-state index >= 15 is 0 Å². The second-order valence-electron chi connectivity index (χ2n) is 4.74. The number of carboxylic acid groups (broad SMARTS) is 1. The van der Waals surface area contributed by atoms with Gasteiger partial charge in [0.05, 0.1) is 12.0 Å². The lowest BCUT2D eigenvalue weighted by Gasteiger charge is -2.36. The van der Waals surface area contributed by atoms with Gasteiger partial charge in [0.15, 0.2) is 0 Å². The molecule has 0 aromatic rings. The zero-order chi connectivity index (χ0) is 13.6. The van der Waals surface area contributed by atoms with Gasteiger partial charge in [-0.25, -0.2) is 4.79 Å². The van der Waals surface area contributed by atoms with Gasteiger partial charge in [-0.15, -0.1) is 0 Å². The van der Waals surface area contributed by atoms with Crippen LogP contribution in [0.3, 0.4) is 0 Å². The van der Waals surface area contributed by atoms with Crippen LogP contribution in [0.2, 0.25) is 0 Å². The van der Waals surface area contributed by atoms with Gasteiger partial charge < -0.3 is 20.5 Å². The second-order valence-corrected chi connectivity index (χ2v) is 4.74. The summed E-state index contributed by atoms with van der Waals surface area (Å²) in [6, 6.07) is -0.818. The number of hydrogen-bond donors (Lipinski definition) is 3. The van der Waals surface area contributed by atoms with E-state index in [9.17, 15) is 9.59 Å². The average molecular weight is 258 g/mol. The quantitative estimate of drug-likeness (QED) is 0.623. The number of nitrogens with one attached hydrogen (secondary N) is 2. The highest BCUT2D eigenvalue weighted by Gasteiger charge is 2.40. The van der Waals surface area contributed by atoms with Crippen molar-refractivity contribution in [2.75, 3.05) is 26.8 Å². The van der Waals surface area contributed by atoms with Crippen molar-refractivity contribution in [3.63, 3.8) is 0 Å². The second kappa shape index (κ2) is 6.70. The number of ether oxygens (including phenoxy) is 1. The molecule has 1 aliphatic rings. The third-order valence-corrected chi connectivity index (χ3v) is 3.47. The molecule has 104 valence electrons. The Morgan fingerprint density at radius 1 is 1.44 bits per heavy atom. The van der Waals surface area contributed by atoms with Gasteiger partial charge in [0.1, 0.15) is 6.04 Å². The van der Waals surface area contributed by atoms with Crippen LogP contribution in [0, 0.1) is 5.41 Å². The number of hydrogen-bond acceptors (Lipinski definition) is 4.